The summed E-state index contributed by atoms with van der Waals surface area (Å²) in [5.74, 6) is 0. The van der Waals surface area contributed by atoms with E-state index >= 15 is 0 Å². The molecule has 0 atom stereocenters. The summed E-state index contributed by atoms with van der Waals surface area (Å²) in [6, 6.07) is 13.1. The number of pyridine rings is 2. The first-order chi connectivity index (χ1) is 14.6. The fourth-order valence-electron chi connectivity index (χ4n) is 5.44. The third kappa shape index (κ3) is 1.79. The van der Waals surface area contributed by atoms with Crippen LogP contribution in [0.1, 0.15) is 11.4 Å². The standard InChI is InChI=1S/C26H14Cl2N2/c1-11-15-7-8-17-16-5-3-13-9-29-10-14-4-6-18(21(16)20(13)14)24-23(17)22(15)19(12(2)30-11)25(27)26(24)28/h3-10H,1-2H3. The van der Waals surface area contributed by atoms with Crippen molar-refractivity contribution in [2.75, 3.05) is 0 Å². The summed E-state index contributed by atoms with van der Waals surface area (Å²) < 4.78 is 0. The summed E-state index contributed by atoms with van der Waals surface area (Å²) >= 11 is 13.9. The fourth-order valence-corrected chi connectivity index (χ4v) is 6.06. The molecule has 0 aliphatic heterocycles. The van der Waals surface area contributed by atoms with E-state index in [1.54, 1.807) is 0 Å². The topological polar surface area (TPSA) is 25.8 Å². The van der Waals surface area contributed by atoms with Crippen molar-refractivity contribution in [3.8, 4) is 0 Å². The van der Waals surface area contributed by atoms with E-state index in [4.69, 9.17) is 28.2 Å². The molecule has 2 aromatic heterocycles. The number of halogens is 2. The van der Waals surface area contributed by atoms with Gasteiger partial charge < -0.3 is 0 Å². The molecule has 0 aliphatic rings. The van der Waals surface area contributed by atoms with Gasteiger partial charge in [-0.2, -0.15) is 0 Å². The Hall–Kier alpha value is -2.94. The van der Waals surface area contributed by atoms with Gasteiger partial charge in [-0.25, -0.2) is 0 Å². The lowest BCUT2D eigenvalue weighted by Crippen LogP contribution is -1.97. The van der Waals surface area contributed by atoms with Gasteiger partial charge in [-0.1, -0.05) is 59.6 Å². The van der Waals surface area contributed by atoms with E-state index in [-0.39, 0.29) is 0 Å². The largest absolute Gasteiger partial charge is 0.263 e. The molecule has 0 amide bonds. The molecule has 0 aliphatic carbocycles. The Morgan fingerprint density at radius 2 is 1.10 bits per heavy atom. The molecule has 0 spiro atoms. The molecule has 7 aromatic rings. The van der Waals surface area contributed by atoms with E-state index in [1.807, 2.05) is 19.3 Å². The average molecular weight is 425 g/mol. The molecule has 0 bridgehead atoms. The minimum atomic E-state index is 0.586. The van der Waals surface area contributed by atoms with Crippen molar-refractivity contribution in [2.24, 2.45) is 0 Å². The van der Waals surface area contributed by atoms with Crippen LogP contribution >= 0.6 is 23.2 Å². The summed E-state index contributed by atoms with van der Waals surface area (Å²) in [6.07, 6.45) is 3.86. The van der Waals surface area contributed by atoms with E-state index in [0.29, 0.717) is 10.0 Å². The smallest absolute Gasteiger partial charge is 0.0695 e. The maximum absolute atomic E-state index is 6.99. The molecule has 5 aromatic carbocycles. The average Bonchev–Trinajstić information content (AvgIpc) is 2.75. The van der Waals surface area contributed by atoms with Crippen LogP contribution in [0.4, 0.5) is 0 Å². The Bertz CT molecular complexity index is 1820. The number of hydrogen-bond acceptors (Lipinski definition) is 2. The molecule has 30 heavy (non-hydrogen) atoms. The van der Waals surface area contributed by atoms with Crippen LogP contribution in [0.3, 0.4) is 0 Å². The SMILES string of the molecule is Cc1nc(C)c2c(Cl)c(Cl)c3c4ccc5cncc6ccc(c7ccc1c2c73)c4c65. The van der Waals surface area contributed by atoms with Gasteiger partial charge in [0.25, 0.3) is 0 Å². The predicted molar refractivity (Wildman–Crippen MR) is 129 cm³/mol. The Kier molecular flexibility index (Phi) is 3.03. The first kappa shape index (κ1) is 16.8. The van der Waals surface area contributed by atoms with Crippen molar-refractivity contribution < 1.29 is 0 Å². The Morgan fingerprint density at radius 1 is 0.533 bits per heavy atom. The van der Waals surface area contributed by atoms with Crippen molar-refractivity contribution in [3.05, 3.63) is 70.2 Å². The van der Waals surface area contributed by atoms with E-state index in [1.165, 1.54) is 26.9 Å². The molecule has 4 heteroatoms. The number of aryl methyl sites for hydroxylation is 2. The monoisotopic (exact) mass is 424 g/mol. The van der Waals surface area contributed by atoms with Gasteiger partial charge in [-0.3, -0.25) is 9.97 Å². The second kappa shape index (κ2) is 5.40. The van der Waals surface area contributed by atoms with Gasteiger partial charge in [0.2, 0.25) is 0 Å². The van der Waals surface area contributed by atoms with Crippen LogP contribution in [-0.4, -0.2) is 9.97 Å². The highest BCUT2D eigenvalue weighted by molar-refractivity contribution is 6.54. The zero-order chi connectivity index (χ0) is 20.3. The number of nitrogens with zero attached hydrogens (tertiary/aromatic N) is 2. The number of fused-ring (bicyclic) bond motifs is 2. The molecular weight excluding hydrogens is 411 g/mol. The number of hydrogen-bond donors (Lipinski definition) is 0. The second-order valence-corrected chi connectivity index (χ2v) is 8.89. The van der Waals surface area contributed by atoms with Crippen molar-refractivity contribution >= 4 is 87.8 Å². The van der Waals surface area contributed by atoms with E-state index in [9.17, 15) is 0 Å². The quantitative estimate of drug-likeness (QED) is 0.181. The lowest BCUT2D eigenvalue weighted by molar-refractivity contribution is 1.17. The highest BCUT2D eigenvalue weighted by Crippen LogP contribution is 2.50. The van der Waals surface area contributed by atoms with Gasteiger partial charge >= 0.3 is 0 Å². The maximum atomic E-state index is 6.99. The van der Waals surface area contributed by atoms with Gasteiger partial charge in [-0.15, -0.1) is 0 Å². The fraction of sp³-hybridized carbons (Fsp3) is 0.0769. The van der Waals surface area contributed by atoms with Gasteiger partial charge in [-0.05, 0) is 35.4 Å². The molecule has 0 N–H and O–H groups in total. The molecule has 0 saturated heterocycles. The van der Waals surface area contributed by atoms with Crippen LogP contribution in [0, 0.1) is 13.8 Å². The summed E-state index contributed by atoms with van der Waals surface area (Å²) in [7, 11) is 0. The van der Waals surface area contributed by atoms with Crippen molar-refractivity contribution in [3.63, 3.8) is 0 Å². The lowest BCUT2D eigenvalue weighted by atomic mass is 9.85. The van der Waals surface area contributed by atoms with Crippen molar-refractivity contribution in [1.29, 1.82) is 0 Å². The molecule has 7 rings (SSSR count). The first-order valence-electron chi connectivity index (χ1n) is 9.90. The van der Waals surface area contributed by atoms with Crippen LogP contribution in [0.2, 0.25) is 10.0 Å². The van der Waals surface area contributed by atoms with Crippen molar-refractivity contribution in [1.82, 2.24) is 9.97 Å². The zero-order valence-electron chi connectivity index (χ0n) is 16.3. The van der Waals surface area contributed by atoms with Gasteiger partial charge in [0.1, 0.15) is 0 Å². The molecule has 0 unspecified atom stereocenters. The molecule has 0 radical (unpaired) electrons. The van der Waals surface area contributed by atoms with Gasteiger partial charge in [0, 0.05) is 66.9 Å². The van der Waals surface area contributed by atoms with Gasteiger partial charge in [0.05, 0.1) is 10.0 Å². The molecular formula is C26H14Cl2N2. The summed E-state index contributed by atoms with van der Waals surface area (Å²) in [5, 5.41) is 14.9. The lowest BCUT2D eigenvalue weighted by Gasteiger charge is -2.21. The normalized spacial score (nSPS) is 12.7. The van der Waals surface area contributed by atoms with Crippen LogP contribution in [0.5, 0.6) is 0 Å². The highest BCUT2D eigenvalue weighted by Gasteiger charge is 2.23. The van der Waals surface area contributed by atoms with E-state index in [0.717, 1.165) is 49.1 Å². The Morgan fingerprint density at radius 3 is 1.87 bits per heavy atom. The van der Waals surface area contributed by atoms with Crippen LogP contribution in [0.25, 0.3) is 64.6 Å². The van der Waals surface area contributed by atoms with Gasteiger partial charge in [0.15, 0.2) is 0 Å². The summed E-state index contributed by atoms with van der Waals surface area (Å²) in [4.78, 5) is 9.16. The highest BCUT2D eigenvalue weighted by atomic mass is 35.5. The number of aromatic nitrogens is 2. The number of benzene rings is 5. The van der Waals surface area contributed by atoms with E-state index in [2.05, 4.69) is 48.3 Å². The van der Waals surface area contributed by atoms with Crippen molar-refractivity contribution in [2.45, 2.75) is 13.8 Å². The maximum Gasteiger partial charge on any atom is 0.0695 e. The van der Waals surface area contributed by atoms with Crippen LogP contribution in [-0.2, 0) is 0 Å². The molecule has 2 nitrogen and oxygen atoms in total. The molecule has 0 fully saturated rings. The second-order valence-electron chi connectivity index (χ2n) is 8.13. The molecule has 0 saturated carbocycles. The minimum absolute atomic E-state index is 0.586. The Balaban J connectivity index is 1.96. The summed E-state index contributed by atoms with van der Waals surface area (Å²) in [5.41, 5.74) is 1.93. The first-order valence-corrected chi connectivity index (χ1v) is 10.7. The molecule has 142 valence electrons. The third-order valence-electron chi connectivity index (χ3n) is 6.64. The zero-order valence-corrected chi connectivity index (χ0v) is 17.8. The summed E-state index contributed by atoms with van der Waals surface area (Å²) in [6.45, 7) is 4.07. The predicted octanol–water partition coefficient (Wildman–Crippen LogP) is 8.20. The van der Waals surface area contributed by atoms with Crippen LogP contribution in [0.15, 0.2) is 48.8 Å². The third-order valence-corrected chi connectivity index (χ3v) is 7.49. The molecule has 2 heterocycles. The van der Waals surface area contributed by atoms with E-state index < -0.39 is 0 Å². The number of rotatable bonds is 0. The minimum Gasteiger partial charge on any atom is -0.263 e. The van der Waals surface area contributed by atoms with Crippen LogP contribution < -0.4 is 0 Å². The Labute approximate surface area is 181 Å².